The number of urea groups is 1. The number of para-hydroxylation sites is 3. The van der Waals surface area contributed by atoms with E-state index in [4.69, 9.17) is 0 Å². The topological polar surface area (TPSA) is 68.4 Å². The van der Waals surface area contributed by atoms with Gasteiger partial charge >= 0.3 is 11.7 Å². The number of rotatable bonds is 3. The molecule has 0 bridgehead atoms. The van der Waals surface area contributed by atoms with Crippen molar-refractivity contribution >= 4 is 23.3 Å². The van der Waals surface area contributed by atoms with Crippen LogP contribution < -0.4 is 15.8 Å². The fraction of sp³-hybridized carbons (Fsp3) is 0.0870. The molecule has 2 amide bonds. The Kier molecular flexibility index (Phi) is 5.45. The van der Waals surface area contributed by atoms with Crippen LogP contribution in [0.3, 0.4) is 0 Å². The number of hydrogen-bond donors (Lipinski definition) is 1. The Hall–Kier alpha value is -3.71. The van der Waals surface area contributed by atoms with Crippen LogP contribution in [0.4, 0.5) is 10.5 Å². The molecule has 0 aliphatic rings. The number of nitrogens with one attached hydrogen (secondary N) is 1. The number of aryl methyl sites for hydroxylation is 2. The molecule has 150 valence electrons. The van der Waals surface area contributed by atoms with E-state index < -0.39 is 6.03 Å². The predicted molar refractivity (Wildman–Crippen MR) is 120 cm³/mol. The zero-order valence-corrected chi connectivity index (χ0v) is 17.4. The van der Waals surface area contributed by atoms with Crippen LogP contribution in [0.25, 0.3) is 11.4 Å². The summed E-state index contributed by atoms with van der Waals surface area (Å²) >= 11 is 1.13. The maximum absolute atomic E-state index is 13.4. The lowest BCUT2D eigenvalue weighted by Crippen LogP contribution is -2.29. The summed E-state index contributed by atoms with van der Waals surface area (Å²) in [6.45, 7) is 3.88. The van der Waals surface area contributed by atoms with Crippen molar-refractivity contribution in [3.63, 3.8) is 0 Å². The fourth-order valence-corrected chi connectivity index (χ4v) is 4.17. The molecule has 0 aliphatic carbocycles. The van der Waals surface area contributed by atoms with Gasteiger partial charge in [-0.15, -0.1) is 0 Å². The number of amides is 2. The van der Waals surface area contributed by atoms with E-state index in [-0.39, 0.29) is 5.69 Å². The van der Waals surface area contributed by atoms with E-state index in [1.165, 1.54) is 4.57 Å². The Bertz CT molecular complexity index is 1300. The first-order valence-corrected chi connectivity index (χ1v) is 10.2. The van der Waals surface area contributed by atoms with Crippen molar-refractivity contribution in [3.8, 4) is 11.4 Å². The van der Waals surface area contributed by atoms with Crippen LogP contribution in [-0.4, -0.2) is 14.6 Å². The highest BCUT2D eigenvalue weighted by atomic mass is 32.1. The van der Waals surface area contributed by atoms with Gasteiger partial charge in [0.05, 0.1) is 11.4 Å². The lowest BCUT2D eigenvalue weighted by atomic mass is 10.1. The zero-order valence-electron chi connectivity index (χ0n) is 16.6. The highest BCUT2D eigenvalue weighted by molar-refractivity contribution is 7.03. The summed E-state index contributed by atoms with van der Waals surface area (Å²) in [6.07, 6.45) is 0. The molecule has 0 radical (unpaired) electrons. The monoisotopic (exact) mass is 416 g/mol. The van der Waals surface area contributed by atoms with Crippen molar-refractivity contribution in [1.29, 1.82) is 0 Å². The predicted octanol–water partition coefficient (Wildman–Crippen LogP) is 4.44. The molecule has 0 saturated carbocycles. The average molecular weight is 417 g/mol. The molecule has 0 fully saturated rings. The van der Waals surface area contributed by atoms with Crippen LogP contribution in [0.1, 0.15) is 11.1 Å². The van der Waals surface area contributed by atoms with E-state index in [1.54, 1.807) is 16.1 Å². The first-order valence-electron chi connectivity index (χ1n) is 9.43. The van der Waals surface area contributed by atoms with Crippen LogP contribution in [-0.2, 0) is 0 Å². The third-order valence-corrected chi connectivity index (χ3v) is 5.59. The van der Waals surface area contributed by atoms with Crippen molar-refractivity contribution in [1.82, 2.24) is 8.52 Å². The molecule has 7 heteroatoms. The van der Waals surface area contributed by atoms with Crippen molar-refractivity contribution in [2.75, 3.05) is 5.32 Å². The lowest BCUT2D eigenvalue weighted by molar-refractivity contribution is 0.259. The average Bonchev–Trinajstić information content (AvgIpc) is 3.05. The van der Waals surface area contributed by atoms with Crippen LogP contribution in [0.15, 0.2) is 88.6 Å². The number of anilines is 1. The quantitative estimate of drug-likeness (QED) is 0.536. The maximum atomic E-state index is 13.4. The molecule has 0 saturated heterocycles. The SMILES string of the molecule is Cc1cccc(C)c1-n1c(=O)n(-c2ccccc2)s/c1=N\C(=O)Nc1ccccc1. The summed E-state index contributed by atoms with van der Waals surface area (Å²) < 4.78 is 3.05. The minimum atomic E-state index is -0.539. The number of carbonyl (C=O) groups is 1. The molecule has 4 rings (SSSR count). The molecule has 0 atom stereocenters. The van der Waals surface area contributed by atoms with E-state index in [9.17, 15) is 9.59 Å². The maximum Gasteiger partial charge on any atom is 0.349 e. The summed E-state index contributed by atoms with van der Waals surface area (Å²) in [6, 6.07) is 23.7. The molecule has 6 nitrogen and oxygen atoms in total. The Labute approximate surface area is 177 Å². The van der Waals surface area contributed by atoms with Gasteiger partial charge in [0.15, 0.2) is 0 Å². The number of benzene rings is 3. The van der Waals surface area contributed by atoms with Gasteiger partial charge in [-0.2, -0.15) is 4.99 Å². The summed E-state index contributed by atoms with van der Waals surface area (Å²) in [5, 5.41) is 2.74. The van der Waals surface area contributed by atoms with Gasteiger partial charge in [0.2, 0.25) is 4.80 Å². The molecular weight excluding hydrogens is 396 g/mol. The Balaban J connectivity index is 1.91. The van der Waals surface area contributed by atoms with Gasteiger partial charge in [0, 0.05) is 5.69 Å². The molecule has 30 heavy (non-hydrogen) atoms. The van der Waals surface area contributed by atoms with E-state index in [1.807, 2.05) is 80.6 Å². The largest absolute Gasteiger partial charge is 0.349 e. The normalized spacial score (nSPS) is 11.5. The van der Waals surface area contributed by atoms with Crippen molar-refractivity contribution in [2.24, 2.45) is 4.99 Å². The highest BCUT2D eigenvalue weighted by Crippen LogP contribution is 2.17. The van der Waals surface area contributed by atoms with Crippen LogP contribution in [0.2, 0.25) is 0 Å². The van der Waals surface area contributed by atoms with Crippen LogP contribution >= 0.6 is 11.5 Å². The molecule has 0 spiro atoms. The molecule has 4 aromatic rings. The van der Waals surface area contributed by atoms with E-state index in [0.29, 0.717) is 10.5 Å². The van der Waals surface area contributed by atoms with E-state index >= 15 is 0 Å². The number of hydrogen-bond acceptors (Lipinski definition) is 3. The molecule has 3 aromatic carbocycles. The Morgan fingerprint density at radius 2 is 1.47 bits per heavy atom. The smallest absolute Gasteiger partial charge is 0.306 e. The van der Waals surface area contributed by atoms with E-state index in [0.717, 1.165) is 34.0 Å². The second kappa shape index (κ2) is 8.34. The minimum Gasteiger partial charge on any atom is -0.306 e. The van der Waals surface area contributed by atoms with Gasteiger partial charge in [-0.25, -0.2) is 18.1 Å². The van der Waals surface area contributed by atoms with Crippen molar-refractivity contribution < 1.29 is 4.79 Å². The van der Waals surface area contributed by atoms with Gasteiger partial charge in [-0.3, -0.25) is 0 Å². The molecule has 0 unspecified atom stereocenters. The van der Waals surface area contributed by atoms with Gasteiger partial charge < -0.3 is 5.32 Å². The molecule has 1 N–H and O–H groups in total. The fourth-order valence-electron chi connectivity index (χ4n) is 3.24. The molecule has 0 aliphatic heterocycles. The summed E-state index contributed by atoms with van der Waals surface area (Å²) in [5.41, 5.74) is 3.68. The van der Waals surface area contributed by atoms with Crippen LogP contribution in [0, 0.1) is 13.8 Å². The number of aromatic nitrogens is 2. The number of carbonyl (C=O) groups excluding carboxylic acids is 1. The number of nitrogens with zero attached hydrogens (tertiary/aromatic N) is 3. The van der Waals surface area contributed by atoms with Gasteiger partial charge in [-0.05, 0) is 60.8 Å². The zero-order chi connectivity index (χ0) is 21.1. The molecule has 1 aromatic heterocycles. The Morgan fingerprint density at radius 1 is 0.867 bits per heavy atom. The van der Waals surface area contributed by atoms with E-state index in [2.05, 4.69) is 10.3 Å². The molecular formula is C23H20N4O2S. The first kappa shape index (κ1) is 19.6. The van der Waals surface area contributed by atoms with Gasteiger partial charge in [-0.1, -0.05) is 54.6 Å². The highest BCUT2D eigenvalue weighted by Gasteiger charge is 2.16. The summed E-state index contributed by atoms with van der Waals surface area (Å²) in [4.78, 5) is 30.5. The van der Waals surface area contributed by atoms with Gasteiger partial charge in [0.25, 0.3) is 0 Å². The summed E-state index contributed by atoms with van der Waals surface area (Å²) in [5.74, 6) is 0. The Morgan fingerprint density at radius 3 is 2.10 bits per heavy atom. The summed E-state index contributed by atoms with van der Waals surface area (Å²) in [7, 11) is 0. The lowest BCUT2D eigenvalue weighted by Gasteiger charge is -2.09. The second-order valence-electron chi connectivity index (χ2n) is 6.77. The van der Waals surface area contributed by atoms with Crippen molar-refractivity contribution in [3.05, 3.63) is 105 Å². The second-order valence-corrected chi connectivity index (χ2v) is 7.68. The van der Waals surface area contributed by atoms with Crippen LogP contribution in [0.5, 0.6) is 0 Å². The standard InChI is InChI=1S/C23H20N4O2S/c1-16-10-9-11-17(2)20(16)26-22(25-21(28)24-18-12-5-3-6-13-18)30-27(23(26)29)19-14-7-4-8-15-19/h3-15H,1-2H3,(H,24,28)/b25-22-. The first-order chi connectivity index (χ1) is 14.5. The van der Waals surface area contributed by atoms with Gasteiger partial charge in [0.1, 0.15) is 0 Å². The third kappa shape index (κ3) is 3.88. The van der Waals surface area contributed by atoms with Crippen molar-refractivity contribution in [2.45, 2.75) is 13.8 Å². The molecule has 1 heterocycles. The third-order valence-electron chi connectivity index (χ3n) is 4.61. The minimum absolute atomic E-state index is 0.269.